The molecular formula is C16H16F4N4O4S. The van der Waals surface area contributed by atoms with Crippen LogP contribution in [0.5, 0.6) is 0 Å². The number of alkyl halides is 3. The molecule has 0 fully saturated rings. The third-order valence-electron chi connectivity index (χ3n) is 3.42. The third kappa shape index (κ3) is 6.26. The molecule has 0 aliphatic rings. The Hall–Kier alpha value is -2.98. The highest BCUT2D eigenvalue weighted by Gasteiger charge is 2.35. The van der Waals surface area contributed by atoms with Crippen molar-refractivity contribution in [2.45, 2.75) is 19.5 Å². The average Bonchev–Trinajstić information content (AvgIpc) is 2.58. The first-order valence-corrected chi connectivity index (χ1v) is 9.55. The van der Waals surface area contributed by atoms with Gasteiger partial charge in [-0.15, -0.1) is 0 Å². The molecule has 1 aromatic carbocycles. The van der Waals surface area contributed by atoms with Crippen molar-refractivity contribution >= 4 is 10.0 Å². The molecule has 0 aliphatic carbocycles. The van der Waals surface area contributed by atoms with Crippen LogP contribution in [-0.2, 0) is 23.2 Å². The Morgan fingerprint density at radius 1 is 1.21 bits per heavy atom. The van der Waals surface area contributed by atoms with E-state index in [-0.39, 0.29) is 26.5 Å². The molecule has 13 heteroatoms. The SMILES string of the molecule is CCCS(N)(=O)=O.Cn1c(C(F)(F)F)cc(=O)n(-c2ccc(C#N)cc2F)c1=O. The molecular weight excluding hydrogens is 420 g/mol. The van der Waals surface area contributed by atoms with E-state index in [9.17, 15) is 35.6 Å². The van der Waals surface area contributed by atoms with Gasteiger partial charge in [0.15, 0.2) is 0 Å². The fourth-order valence-corrected chi connectivity index (χ4v) is 2.73. The van der Waals surface area contributed by atoms with Crippen molar-refractivity contribution in [2.75, 3.05) is 5.75 Å². The fraction of sp³-hybridized carbons (Fsp3) is 0.312. The molecule has 2 N–H and O–H groups in total. The minimum atomic E-state index is -4.89. The van der Waals surface area contributed by atoms with Crippen LogP contribution in [-0.4, -0.2) is 23.3 Å². The molecule has 0 atom stereocenters. The van der Waals surface area contributed by atoms with E-state index in [2.05, 4.69) is 5.14 Å². The number of nitrogens with two attached hydrogens (primary N) is 1. The summed E-state index contributed by atoms with van der Waals surface area (Å²) in [6.45, 7) is 1.77. The summed E-state index contributed by atoms with van der Waals surface area (Å²) in [5, 5.41) is 13.2. The predicted octanol–water partition coefficient (Wildman–Crippen LogP) is 1.25. The average molecular weight is 436 g/mol. The van der Waals surface area contributed by atoms with Gasteiger partial charge in [0.1, 0.15) is 11.5 Å². The summed E-state index contributed by atoms with van der Waals surface area (Å²) in [7, 11) is -2.35. The number of halogens is 4. The lowest BCUT2D eigenvalue weighted by Gasteiger charge is -2.14. The molecule has 1 aromatic heterocycles. The molecule has 158 valence electrons. The highest BCUT2D eigenvalue weighted by molar-refractivity contribution is 7.89. The van der Waals surface area contributed by atoms with Crippen molar-refractivity contribution in [1.29, 1.82) is 5.26 Å². The second-order valence-corrected chi connectivity index (χ2v) is 7.42. The topological polar surface area (TPSA) is 128 Å². The van der Waals surface area contributed by atoms with Gasteiger partial charge in [0.2, 0.25) is 10.0 Å². The molecule has 0 bridgehead atoms. The van der Waals surface area contributed by atoms with E-state index in [4.69, 9.17) is 5.26 Å². The Morgan fingerprint density at radius 3 is 2.17 bits per heavy atom. The van der Waals surface area contributed by atoms with E-state index in [0.717, 1.165) is 25.2 Å². The first-order valence-electron chi connectivity index (χ1n) is 7.83. The van der Waals surface area contributed by atoms with Gasteiger partial charge in [-0.25, -0.2) is 27.3 Å². The quantitative estimate of drug-likeness (QED) is 0.725. The van der Waals surface area contributed by atoms with E-state index in [1.807, 2.05) is 0 Å². The molecule has 2 aromatic rings. The van der Waals surface area contributed by atoms with Crippen LogP contribution in [0.4, 0.5) is 17.6 Å². The molecule has 29 heavy (non-hydrogen) atoms. The summed E-state index contributed by atoms with van der Waals surface area (Å²) in [6, 6.07) is 4.76. The molecule has 0 spiro atoms. The Balaban J connectivity index is 0.000000516. The fourth-order valence-electron chi connectivity index (χ4n) is 2.16. The zero-order chi connectivity index (χ0) is 22.6. The maximum atomic E-state index is 13.9. The highest BCUT2D eigenvalue weighted by Crippen LogP contribution is 2.27. The van der Waals surface area contributed by atoms with Gasteiger partial charge in [0.05, 0.1) is 23.1 Å². The van der Waals surface area contributed by atoms with Gasteiger partial charge in [-0.1, -0.05) is 6.92 Å². The molecule has 2 rings (SSSR count). The smallest absolute Gasteiger partial charge is 0.292 e. The molecule has 0 radical (unpaired) electrons. The van der Waals surface area contributed by atoms with Gasteiger partial charge in [0.25, 0.3) is 5.56 Å². The molecule has 1 heterocycles. The number of sulfonamides is 1. The van der Waals surface area contributed by atoms with Crippen LogP contribution in [0.15, 0.2) is 33.9 Å². The van der Waals surface area contributed by atoms with E-state index in [0.29, 0.717) is 6.42 Å². The van der Waals surface area contributed by atoms with Crippen LogP contribution < -0.4 is 16.4 Å². The standard InChI is InChI=1S/C13H7F4N3O2.C3H9NO2S/c1-19-10(13(15,16)17)5-11(21)20(12(19)22)9-3-2-7(6-18)4-8(9)14;1-2-3-7(4,5)6/h2-5H,1H3;2-3H2,1H3,(H2,4,5,6). The molecule has 0 unspecified atom stereocenters. The zero-order valence-electron chi connectivity index (χ0n) is 15.2. The summed E-state index contributed by atoms with van der Waals surface area (Å²) in [4.78, 5) is 23.7. The Labute approximate surface area is 162 Å². The number of primary sulfonamides is 1. The lowest BCUT2D eigenvalue weighted by atomic mass is 10.2. The van der Waals surface area contributed by atoms with Gasteiger partial charge in [-0.2, -0.15) is 18.4 Å². The van der Waals surface area contributed by atoms with Gasteiger partial charge in [-0.05, 0) is 24.6 Å². The summed E-state index contributed by atoms with van der Waals surface area (Å²) in [6.07, 6.45) is -4.30. The lowest BCUT2D eigenvalue weighted by Crippen LogP contribution is -2.41. The Kier molecular flexibility index (Phi) is 7.48. The van der Waals surface area contributed by atoms with Gasteiger partial charge >= 0.3 is 11.9 Å². The van der Waals surface area contributed by atoms with Crippen molar-refractivity contribution in [3.8, 4) is 11.8 Å². The molecule has 0 aliphatic heterocycles. The Morgan fingerprint density at radius 2 is 1.79 bits per heavy atom. The Bertz CT molecular complexity index is 1160. The van der Waals surface area contributed by atoms with Crippen LogP contribution in [0, 0.1) is 17.1 Å². The number of hydrogen-bond donors (Lipinski definition) is 1. The molecule has 0 amide bonds. The summed E-state index contributed by atoms with van der Waals surface area (Å²) < 4.78 is 72.5. The van der Waals surface area contributed by atoms with Crippen molar-refractivity contribution in [3.05, 3.63) is 62.2 Å². The second-order valence-electron chi connectivity index (χ2n) is 5.69. The summed E-state index contributed by atoms with van der Waals surface area (Å²) >= 11 is 0. The van der Waals surface area contributed by atoms with Crippen molar-refractivity contribution in [2.24, 2.45) is 12.2 Å². The van der Waals surface area contributed by atoms with Gasteiger partial charge in [-0.3, -0.25) is 9.36 Å². The normalized spacial score (nSPS) is 11.4. The van der Waals surface area contributed by atoms with Crippen molar-refractivity contribution < 1.29 is 26.0 Å². The summed E-state index contributed by atoms with van der Waals surface area (Å²) in [5.41, 5.74) is -4.69. The van der Waals surface area contributed by atoms with E-state index < -0.39 is 44.6 Å². The minimum absolute atomic E-state index is 0.0574. The van der Waals surface area contributed by atoms with E-state index in [1.54, 1.807) is 13.0 Å². The van der Waals surface area contributed by atoms with Gasteiger partial charge in [0, 0.05) is 13.1 Å². The number of nitrogens with zero attached hydrogens (tertiary/aromatic N) is 3. The first kappa shape index (κ1) is 24.1. The van der Waals surface area contributed by atoms with Crippen LogP contribution in [0.3, 0.4) is 0 Å². The van der Waals surface area contributed by atoms with Crippen LogP contribution >= 0.6 is 0 Å². The zero-order valence-corrected chi connectivity index (χ0v) is 16.0. The molecule has 8 nitrogen and oxygen atoms in total. The number of benzene rings is 1. The predicted molar refractivity (Wildman–Crippen MR) is 95.2 cm³/mol. The lowest BCUT2D eigenvalue weighted by molar-refractivity contribution is -0.144. The van der Waals surface area contributed by atoms with E-state index in [1.165, 1.54) is 0 Å². The summed E-state index contributed by atoms with van der Waals surface area (Å²) in [5.74, 6) is -0.981. The van der Waals surface area contributed by atoms with Crippen LogP contribution in [0.2, 0.25) is 0 Å². The number of rotatable bonds is 3. The minimum Gasteiger partial charge on any atom is -0.292 e. The number of aromatic nitrogens is 2. The van der Waals surface area contributed by atoms with E-state index >= 15 is 0 Å². The van der Waals surface area contributed by atoms with Crippen molar-refractivity contribution in [1.82, 2.24) is 9.13 Å². The number of hydrogen-bond acceptors (Lipinski definition) is 5. The maximum absolute atomic E-state index is 13.9. The maximum Gasteiger partial charge on any atom is 0.431 e. The largest absolute Gasteiger partial charge is 0.431 e. The van der Waals surface area contributed by atoms with Crippen molar-refractivity contribution in [3.63, 3.8) is 0 Å². The number of nitriles is 1. The monoisotopic (exact) mass is 436 g/mol. The second kappa shape index (κ2) is 9.01. The molecule has 0 saturated heterocycles. The van der Waals surface area contributed by atoms with Crippen LogP contribution in [0.25, 0.3) is 5.69 Å². The first-order chi connectivity index (χ1) is 13.2. The highest BCUT2D eigenvalue weighted by atomic mass is 32.2. The van der Waals surface area contributed by atoms with Crippen LogP contribution in [0.1, 0.15) is 24.6 Å². The molecule has 0 saturated carbocycles. The third-order valence-corrected chi connectivity index (χ3v) is 4.39. The van der Waals surface area contributed by atoms with Gasteiger partial charge < -0.3 is 0 Å².